The highest BCUT2D eigenvalue weighted by Gasteiger charge is 2.52. The lowest BCUT2D eigenvalue weighted by Crippen LogP contribution is -2.51. The molecule has 2 N–H and O–H groups in total. The summed E-state index contributed by atoms with van der Waals surface area (Å²) in [6.07, 6.45) is 5.32. The molecule has 0 bridgehead atoms. The van der Waals surface area contributed by atoms with Gasteiger partial charge in [0.05, 0.1) is 22.7 Å². The van der Waals surface area contributed by atoms with Crippen LogP contribution in [0.5, 0.6) is 0 Å². The van der Waals surface area contributed by atoms with Crippen molar-refractivity contribution < 1.29 is 19.3 Å². The summed E-state index contributed by atoms with van der Waals surface area (Å²) in [7, 11) is 0. The maximum absolute atomic E-state index is 13.0. The molecule has 2 fully saturated rings. The van der Waals surface area contributed by atoms with Crippen LogP contribution in [-0.4, -0.2) is 43.1 Å². The zero-order valence-corrected chi connectivity index (χ0v) is 19.3. The molecule has 0 unspecified atom stereocenters. The molecule has 0 atom stereocenters. The first kappa shape index (κ1) is 23.2. The number of carbonyl (C=O) groups is 3. The van der Waals surface area contributed by atoms with Crippen molar-refractivity contribution in [2.45, 2.75) is 44.1 Å². The molecule has 184 valence electrons. The third-order valence-electron chi connectivity index (χ3n) is 6.62. The number of hydrazine groups is 1. The molecule has 1 aliphatic carbocycles. The summed E-state index contributed by atoms with van der Waals surface area (Å²) in [4.78, 5) is 49.1. The van der Waals surface area contributed by atoms with E-state index < -0.39 is 28.3 Å². The molecule has 2 aromatic carbocycles. The van der Waals surface area contributed by atoms with E-state index in [1.807, 2.05) is 30.3 Å². The van der Waals surface area contributed by atoms with Gasteiger partial charge in [0, 0.05) is 29.5 Å². The van der Waals surface area contributed by atoms with E-state index in [9.17, 15) is 24.5 Å². The molecule has 36 heavy (non-hydrogen) atoms. The van der Waals surface area contributed by atoms with Crippen LogP contribution in [0.2, 0.25) is 0 Å². The molecular formula is C25H24N6O5. The van der Waals surface area contributed by atoms with Gasteiger partial charge in [-0.3, -0.25) is 25.1 Å². The topological polar surface area (TPSA) is 139 Å². The summed E-state index contributed by atoms with van der Waals surface area (Å²) >= 11 is 0. The number of nitro benzene ring substituents is 1. The van der Waals surface area contributed by atoms with Crippen molar-refractivity contribution >= 4 is 23.5 Å². The number of rotatable bonds is 6. The molecule has 11 nitrogen and oxygen atoms in total. The summed E-state index contributed by atoms with van der Waals surface area (Å²) < 4.78 is 1.62. The van der Waals surface area contributed by atoms with Gasteiger partial charge in [0.15, 0.2) is 0 Å². The van der Waals surface area contributed by atoms with Gasteiger partial charge in [0.1, 0.15) is 5.54 Å². The van der Waals surface area contributed by atoms with Crippen molar-refractivity contribution in [1.29, 1.82) is 0 Å². The van der Waals surface area contributed by atoms with Gasteiger partial charge in [-0.25, -0.2) is 9.48 Å². The van der Waals surface area contributed by atoms with Crippen molar-refractivity contribution in [2.75, 3.05) is 0 Å². The second-order valence-electron chi connectivity index (χ2n) is 9.01. The highest BCUT2D eigenvalue weighted by atomic mass is 16.6. The number of nitrogens with zero attached hydrogens (tertiary/aromatic N) is 4. The molecule has 11 heteroatoms. The number of non-ortho nitro benzene ring substituents is 1. The number of hydrogen-bond acceptors (Lipinski definition) is 6. The Kier molecular flexibility index (Phi) is 5.96. The fourth-order valence-corrected chi connectivity index (χ4v) is 4.79. The minimum atomic E-state index is -0.940. The maximum Gasteiger partial charge on any atom is 0.344 e. The standard InChI is InChI=1S/C25H24N6O5/c32-21(27-30-23(33)25(26-24(30)34)13-5-2-6-14-25)15-18-16-29(19-7-3-1-4-8-19)28-22(18)17-9-11-20(12-10-17)31(35)36/h1,3-4,7-12,16H,2,5-6,13-15H2,(H,26,34)(H,27,32). The van der Waals surface area contributed by atoms with E-state index in [0.29, 0.717) is 29.7 Å². The van der Waals surface area contributed by atoms with Crippen molar-refractivity contribution in [3.05, 3.63) is 76.5 Å². The molecule has 5 rings (SSSR count). The van der Waals surface area contributed by atoms with Crippen LogP contribution in [0, 0.1) is 10.1 Å². The average molecular weight is 489 g/mol. The Bertz CT molecular complexity index is 1330. The number of nitro groups is 1. The number of urea groups is 1. The Balaban J connectivity index is 1.40. The number of carbonyl (C=O) groups excluding carboxylic acids is 3. The first-order valence-corrected chi connectivity index (χ1v) is 11.7. The van der Waals surface area contributed by atoms with Gasteiger partial charge in [0.2, 0.25) is 5.91 Å². The van der Waals surface area contributed by atoms with Gasteiger partial charge in [-0.1, -0.05) is 37.5 Å². The average Bonchev–Trinajstić information content (AvgIpc) is 3.40. The fraction of sp³-hybridized carbons (Fsp3) is 0.280. The van der Waals surface area contributed by atoms with Crippen LogP contribution in [0.1, 0.15) is 37.7 Å². The van der Waals surface area contributed by atoms with Crippen LogP contribution >= 0.6 is 0 Å². The van der Waals surface area contributed by atoms with Crippen LogP contribution < -0.4 is 10.7 Å². The van der Waals surface area contributed by atoms with E-state index in [0.717, 1.165) is 30.0 Å². The Morgan fingerprint density at radius 2 is 1.75 bits per heavy atom. The first-order valence-electron chi connectivity index (χ1n) is 11.7. The van der Waals surface area contributed by atoms with E-state index in [4.69, 9.17) is 0 Å². The predicted octanol–water partition coefficient (Wildman–Crippen LogP) is 3.28. The van der Waals surface area contributed by atoms with Gasteiger partial charge < -0.3 is 5.32 Å². The fourth-order valence-electron chi connectivity index (χ4n) is 4.79. The minimum absolute atomic E-state index is 0.0595. The smallest absolute Gasteiger partial charge is 0.322 e. The van der Waals surface area contributed by atoms with Crippen LogP contribution in [0.15, 0.2) is 60.8 Å². The number of nitrogens with one attached hydrogen (secondary N) is 2. The second kappa shape index (κ2) is 9.25. The Hall–Kier alpha value is -4.54. The van der Waals surface area contributed by atoms with E-state index in [-0.39, 0.29) is 12.1 Å². The Morgan fingerprint density at radius 3 is 2.42 bits per heavy atom. The molecule has 1 spiro atoms. The SMILES string of the molecule is O=C(Cc1cn(-c2ccccc2)nc1-c1ccc([N+](=O)[O-])cc1)NN1C(=O)NC2(CCCCC2)C1=O. The van der Waals surface area contributed by atoms with Gasteiger partial charge in [0.25, 0.3) is 11.6 Å². The second-order valence-corrected chi connectivity index (χ2v) is 9.01. The molecule has 2 aliphatic rings. The lowest BCUT2D eigenvalue weighted by atomic mass is 9.82. The minimum Gasteiger partial charge on any atom is -0.322 e. The molecular weight excluding hydrogens is 464 g/mol. The Labute approximate surface area is 206 Å². The molecule has 3 aromatic rings. The first-order chi connectivity index (χ1) is 17.4. The number of amides is 4. The highest BCUT2D eigenvalue weighted by molar-refractivity contribution is 6.08. The number of para-hydroxylation sites is 1. The zero-order valence-electron chi connectivity index (χ0n) is 19.3. The van der Waals surface area contributed by atoms with Crippen LogP contribution in [-0.2, 0) is 16.0 Å². The van der Waals surface area contributed by atoms with E-state index in [2.05, 4.69) is 15.8 Å². The van der Waals surface area contributed by atoms with Crippen molar-refractivity contribution in [1.82, 2.24) is 25.5 Å². The zero-order chi connectivity index (χ0) is 25.3. The van der Waals surface area contributed by atoms with E-state index in [1.165, 1.54) is 12.1 Å². The third kappa shape index (κ3) is 4.30. The van der Waals surface area contributed by atoms with Crippen LogP contribution in [0.3, 0.4) is 0 Å². The largest absolute Gasteiger partial charge is 0.344 e. The van der Waals surface area contributed by atoms with Crippen molar-refractivity contribution in [3.8, 4) is 16.9 Å². The monoisotopic (exact) mass is 488 g/mol. The van der Waals surface area contributed by atoms with Crippen LogP contribution in [0.25, 0.3) is 16.9 Å². The molecule has 0 radical (unpaired) electrons. The molecule has 1 saturated carbocycles. The molecule has 1 aliphatic heterocycles. The lowest BCUT2D eigenvalue weighted by molar-refractivity contribution is -0.384. The third-order valence-corrected chi connectivity index (χ3v) is 6.62. The van der Waals surface area contributed by atoms with Crippen molar-refractivity contribution in [3.63, 3.8) is 0 Å². The number of benzene rings is 2. The predicted molar refractivity (Wildman–Crippen MR) is 129 cm³/mol. The van der Waals surface area contributed by atoms with Gasteiger partial charge in [-0.2, -0.15) is 10.1 Å². The van der Waals surface area contributed by atoms with E-state index in [1.54, 1.807) is 23.0 Å². The number of hydrogen-bond donors (Lipinski definition) is 2. The summed E-state index contributed by atoms with van der Waals surface area (Å²) in [5.74, 6) is -0.988. The molecule has 2 heterocycles. The Morgan fingerprint density at radius 1 is 1.06 bits per heavy atom. The normalized spacial score (nSPS) is 16.7. The van der Waals surface area contributed by atoms with Gasteiger partial charge >= 0.3 is 6.03 Å². The molecule has 4 amide bonds. The van der Waals surface area contributed by atoms with Crippen molar-refractivity contribution in [2.24, 2.45) is 0 Å². The van der Waals surface area contributed by atoms with Gasteiger partial charge in [-0.15, -0.1) is 0 Å². The maximum atomic E-state index is 13.0. The summed E-state index contributed by atoms with van der Waals surface area (Å²) in [5, 5.41) is 19.2. The quantitative estimate of drug-likeness (QED) is 0.310. The summed E-state index contributed by atoms with van der Waals surface area (Å²) in [6.45, 7) is 0. The molecule has 1 aromatic heterocycles. The lowest BCUT2D eigenvalue weighted by Gasteiger charge is -2.30. The number of aromatic nitrogens is 2. The molecule has 1 saturated heterocycles. The number of imide groups is 1. The van der Waals surface area contributed by atoms with Gasteiger partial charge in [-0.05, 0) is 37.1 Å². The van der Waals surface area contributed by atoms with E-state index >= 15 is 0 Å². The summed E-state index contributed by atoms with van der Waals surface area (Å²) in [6, 6.07) is 14.5. The van der Waals surface area contributed by atoms with Crippen LogP contribution in [0.4, 0.5) is 10.5 Å². The highest BCUT2D eigenvalue weighted by Crippen LogP contribution is 2.33. The summed E-state index contributed by atoms with van der Waals surface area (Å²) in [5.41, 5.74) is 3.81.